The molecule has 7 nitrogen and oxygen atoms in total. The van der Waals surface area contributed by atoms with Crippen molar-refractivity contribution in [3.05, 3.63) is 108 Å². The van der Waals surface area contributed by atoms with E-state index in [2.05, 4.69) is 0 Å². The molecule has 0 atom stereocenters. The first-order valence-electron chi connectivity index (χ1n) is 16.0. The van der Waals surface area contributed by atoms with Gasteiger partial charge in [-0.3, -0.25) is 0 Å². The number of ether oxygens (including phenoxy) is 2. The van der Waals surface area contributed by atoms with Gasteiger partial charge in [-0.15, -0.1) is 0 Å². The van der Waals surface area contributed by atoms with Crippen LogP contribution in [0.2, 0.25) is 0 Å². The number of unbranched alkanes of at least 4 members (excludes halogenated alkanes) is 6. The minimum atomic E-state index is -3.93. The fourth-order valence-corrected chi connectivity index (χ4v) is 15.1. The topological polar surface area (TPSA) is 102 Å². The average Bonchev–Trinajstić information content (AvgIpc) is 3.08. The molecule has 2 N–H and O–H groups in total. The van der Waals surface area contributed by atoms with E-state index in [-0.39, 0.29) is 23.0 Å². The van der Waals surface area contributed by atoms with Gasteiger partial charge in [0.2, 0.25) is 11.5 Å². The normalized spacial score (nSPS) is 12.9. The quantitative estimate of drug-likeness (QED) is 0.0674. The SMILES string of the molecule is COc1c(O)c(C)c(C=CCCCCCCCCP(OS(C)(=O)=O)(c2ccccc2)(c2ccccc2)c2ccccc2)c(O)c1OC. The first-order chi connectivity index (χ1) is 22.6. The second kappa shape index (κ2) is 15.8. The van der Waals surface area contributed by atoms with Gasteiger partial charge in [0.05, 0.1) is 14.2 Å². The van der Waals surface area contributed by atoms with Gasteiger partial charge in [-0.05, 0) is 6.92 Å². The van der Waals surface area contributed by atoms with Gasteiger partial charge in [0.15, 0.2) is 5.75 Å². The van der Waals surface area contributed by atoms with Crippen LogP contribution in [-0.2, 0) is 14.1 Å². The summed E-state index contributed by atoms with van der Waals surface area (Å²) in [5, 5.41) is 23.9. The molecule has 0 radical (unpaired) electrons. The summed E-state index contributed by atoms with van der Waals surface area (Å²) in [6, 6.07) is 29.7. The molecule has 4 rings (SSSR count). The zero-order chi connectivity index (χ0) is 33.9. The van der Waals surface area contributed by atoms with Gasteiger partial charge in [-0.2, -0.15) is 0 Å². The van der Waals surface area contributed by atoms with E-state index in [1.807, 2.05) is 103 Å². The molecule has 0 heterocycles. The van der Waals surface area contributed by atoms with E-state index in [9.17, 15) is 18.6 Å². The summed E-state index contributed by atoms with van der Waals surface area (Å²) in [4.78, 5) is 0. The zero-order valence-corrected chi connectivity index (χ0v) is 29.5. The average molecular weight is 679 g/mol. The van der Waals surface area contributed by atoms with Crippen molar-refractivity contribution < 1.29 is 32.1 Å². The molecule has 0 aliphatic carbocycles. The van der Waals surface area contributed by atoms with Gasteiger partial charge in [-0.25, -0.2) is 0 Å². The Balaban J connectivity index is 1.47. The van der Waals surface area contributed by atoms with Crippen LogP contribution < -0.4 is 25.4 Å². The van der Waals surface area contributed by atoms with Crippen molar-refractivity contribution in [2.24, 2.45) is 0 Å². The molecule has 0 bridgehead atoms. The standard InChI is InChI=1S/C38H47O7PS/c1-30-34(36(40)38(44-3)37(43-2)35(30)39)28-20-9-7-5-6-8-10-21-29-46(45-47(4,41)42,31-22-14-11-15-23-31,32-24-16-12-17-25-32)33-26-18-13-19-27-33/h11-20,22-28,39-40H,5-10,21,29H2,1-4H3. The molecule has 0 saturated heterocycles. The molecule has 0 spiro atoms. The van der Waals surface area contributed by atoms with Crippen molar-refractivity contribution >= 4 is 38.9 Å². The summed E-state index contributed by atoms with van der Waals surface area (Å²) in [7, 11) is -1.03. The molecule has 0 unspecified atom stereocenters. The maximum atomic E-state index is 13.2. The molecular weight excluding hydrogens is 631 g/mol. The Morgan fingerprint density at radius 1 is 0.660 bits per heavy atom. The fraction of sp³-hybridized carbons (Fsp3) is 0.316. The number of hydrogen-bond donors (Lipinski definition) is 2. The Bertz CT molecular complexity index is 1640. The monoisotopic (exact) mass is 678 g/mol. The molecule has 4 aromatic rings. The van der Waals surface area contributed by atoms with Crippen LogP contribution >= 0.6 is 6.83 Å². The van der Waals surface area contributed by atoms with E-state index < -0.39 is 16.9 Å². The van der Waals surface area contributed by atoms with E-state index in [0.717, 1.165) is 67.1 Å². The number of phenolic OH excluding ortho intramolecular Hbond substituents is 2. The summed E-state index contributed by atoms with van der Waals surface area (Å²) < 4.78 is 43.4. The summed E-state index contributed by atoms with van der Waals surface area (Å²) >= 11 is 0. The van der Waals surface area contributed by atoms with Crippen molar-refractivity contribution in [2.45, 2.75) is 51.9 Å². The van der Waals surface area contributed by atoms with E-state index in [1.54, 1.807) is 6.92 Å². The molecule has 4 aromatic carbocycles. The van der Waals surface area contributed by atoms with E-state index in [4.69, 9.17) is 13.4 Å². The molecule has 0 amide bonds. The van der Waals surface area contributed by atoms with Gasteiger partial charge in [0.25, 0.3) is 0 Å². The molecule has 0 aliphatic rings. The third kappa shape index (κ3) is 7.67. The Kier molecular flexibility index (Phi) is 12.1. The van der Waals surface area contributed by atoms with Gasteiger partial charge in [0, 0.05) is 0 Å². The predicted molar refractivity (Wildman–Crippen MR) is 195 cm³/mol. The summed E-state index contributed by atoms with van der Waals surface area (Å²) in [5.41, 5.74) is 1.03. The van der Waals surface area contributed by atoms with Crippen molar-refractivity contribution in [1.29, 1.82) is 0 Å². The Hall–Kier alpha value is -3.84. The Morgan fingerprint density at radius 3 is 1.53 bits per heavy atom. The molecule has 0 aliphatic heterocycles. The van der Waals surface area contributed by atoms with E-state index in [0.29, 0.717) is 17.3 Å². The number of hydrogen-bond acceptors (Lipinski definition) is 7. The first kappa shape index (κ1) is 36.0. The minimum absolute atomic E-state index is 0.0517. The minimum Gasteiger partial charge on any atom is -0.504 e. The zero-order valence-electron chi connectivity index (χ0n) is 27.8. The smallest absolute Gasteiger partial charge is 0.504 e. The van der Waals surface area contributed by atoms with Crippen molar-refractivity contribution in [1.82, 2.24) is 0 Å². The Morgan fingerprint density at radius 2 is 1.09 bits per heavy atom. The van der Waals surface area contributed by atoms with Crippen LogP contribution in [0.15, 0.2) is 97.1 Å². The number of benzene rings is 4. The summed E-state index contributed by atoms with van der Waals surface area (Å²) in [6.07, 6.45) is 12.2. The first-order valence-corrected chi connectivity index (χ1v) is 20.2. The van der Waals surface area contributed by atoms with Crippen LogP contribution in [-0.4, -0.2) is 45.3 Å². The van der Waals surface area contributed by atoms with E-state index >= 15 is 0 Å². The van der Waals surface area contributed by atoms with Crippen molar-refractivity contribution in [3.63, 3.8) is 0 Å². The van der Waals surface area contributed by atoms with Crippen LogP contribution in [0.3, 0.4) is 0 Å². The van der Waals surface area contributed by atoms with Crippen LogP contribution in [0.5, 0.6) is 23.0 Å². The molecule has 0 aromatic heterocycles. The molecule has 9 heteroatoms. The molecule has 47 heavy (non-hydrogen) atoms. The summed E-state index contributed by atoms with van der Waals surface area (Å²) in [5.74, 6) is 0.112. The summed E-state index contributed by atoms with van der Waals surface area (Å²) in [6.45, 7) is -2.20. The fourth-order valence-electron chi connectivity index (χ4n) is 6.51. The second-order valence-electron chi connectivity index (χ2n) is 11.8. The third-order valence-corrected chi connectivity index (χ3v) is 16.5. The molecule has 0 saturated carbocycles. The van der Waals surface area contributed by atoms with Crippen molar-refractivity contribution in [3.8, 4) is 23.0 Å². The van der Waals surface area contributed by atoms with Gasteiger partial charge in [-0.1, -0.05) is 0 Å². The van der Waals surface area contributed by atoms with Crippen molar-refractivity contribution in [2.75, 3.05) is 26.6 Å². The van der Waals surface area contributed by atoms with Crippen LogP contribution in [0.1, 0.15) is 56.1 Å². The number of allylic oxidation sites excluding steroid dienone is 1. The molecule has 252 valence electrons. The van der Waals surface area contributed by atoms with Gasteiger partial charge < -0.3 is 19.7 Å². The number of methoxy groups -OCH3 is 2. The Labute approximate surface area is 280 Å². The van der Waals surface area contributed by atoms with Gasteiger partial charge >= 0.3 is 223 Å². The van der Waals surface area contributed by atoms with Crippen LogP contribution in [0.25, 0.3) is 6.08 Å². The number of phenols is 2. The predicted octanol–water partition coefficient (Wildman–Crippen LogP) is 7.59. The van der Waals surface area contributed by atoms with Gasteiger partial charge in [0.1, 0.15) is 0 Å². The second-order valence-corrected chi connectivity index (χ2v) is 18.3. The molecule has 0 fully saturated rings. The number of rotatable bonds is 17. The number of aromatic hydroxyl groups is 2. The maximum absolute atomic E-state index is 13.2. The van der Waals surface area contributed by atoms with Crippen LogP contribution in [0, 0.1) is 6.92 Å². The van der Waals surface area contributed by atoms with Crippen LogP contribution in [0.4, 0.5) is 0 Å². The third-order valence-electron chi connectivity index (χ3n) is 8.76. The van der Waals surface area contributed by atoms with E-state index in [1.165, 1.54) is 14.2 Å². The molecular formula is C38H47O7PS.